The molecule has 0 radical (unpaired) electrons. The van der Waals surface area contributed by atoms with Gasteiger partial charge in [-0.05, 0) is 169 Å². The molecule has 4 aliphatic rings. The van der Waals surface area contributed by atoms with Gasteiger partial charge < -0.3 is 9.80 Å². The minimum Gasteiger partial charge on any atom is -0.311 e. The zero-order chi connectivity index (χ0) is 43.1. The SMILES string of the molecule is Cc1cc2c3c(c1)N(c1cc4c(cc1C)C(C)(C)CCC4(C)C)c1cc4c(cc1B3c1cc(-c3ccccc3)ccc1N2c1ccc(-c2ccccc2)cc1)C(C)(C)CC4(C)C. The molecule has 0 bridgehead atoms. The van der Waals surface area contributed by atoms with Crippen LogP contribution in [0.15, 0.2) is 140 Å². The summed E-state index contributed by atoms with van der Waals surface area (Å²) < 4.78 is 0. The van der Waals surface area contributed by atoms with Crippen molar-refractivity contribution in [3.63, 3.8) is 0 Å². The van der Waals surface area contributed by atoms with E-state index in [1.54, 1.807) is 0 Å². The third-order valence-electron chi connectivity index (χ3n) is 15.4. The Bertz CT molecular complexity index is 2950. The molecule has 0 atom stereocenters. The van der Waals surface area contributed by atoms with Crippen molar-refractivity contribution in [2.45, 2.75) is 110 Å². The maximum absolute atomic E-state index is 2.70. The molecule has 0 fully saturated rings. The molecule has 7 aromatic rings. The Balaban J connectivity index is 1.23. The number of fused-ring (bicyclic) bond motifs is 6. The lowest BCUT2D eigenvalue weighted by Gasteiger charge is -2.46. The molecule has 62 heavy (non-hydrogen) atoms. The predicted molar refractivity (Wildman–Crippen MR) is 267 cm³/mol. The molecule has 2 heterocycles. The Morgan fingerprint density at radius 3 is 1.52 bits per heavy atom. The molecular formula is C59H59BN2. The summed E-state index contributed by atoms with van der Waals surface area (Å²) in [6.45, 7) is 24.4. The highest BCUT2D eigenvalue weighted by Gasteiger charge is 2.49. The van der Waals surface area contributed by atoms with Gasteiger partial charge in [-0.2, -0.15) is 0 Å². The van der Waals surface area contributed by atoms with Gasteiger partial charge >= 0.3 is 0 Å². The van der Waals surface area contributed by atoms with Crippen LogP contribution < -0.4 is 26.2 Å². The van der Waals surface area contributed by atoms with Gasteiger partial charge in [0, 0.05) is 34.1 Å². The Hall–Kier alpha value is -5.80. The van der Waals surface area contributed by atoms with E-state index in [-0.39, 0.29) is 28.4 Å². The van der Waals surface area contributed by atoms with Gasteiger partial charge in [-0.15, -0.1) is 0 Å². The van der Waals surface area contributed by atoms with Crippen molar-refractivity contribution in [2.24, 2.45) is 0 Å². The largest absolute Gasteiger partial charge is 0.311 e. The average Bonchev–Trinajstić information content (AvgIpc) is 3.43. The quantitative estimate of drug-likeness (QED) is 0.164. The zero-order valence-corrected chi connectivity index (χ0v) is 38.4. The maximum Gasteiger partial charge on any atom is 0.252 e. The van der Waals surface area contributed by atoms with Crippen LogP contribution in [0.25, 0.3) is 22.3 Å². The Kier molecular flexibility index (Phi) is 8.42. The molecule has 0 saturated heterocycles. The highest BCUT2D eigenvalue weighted by molar-refractivity contribution is 7.00. The number of anilines is 6. The number of rotatable bonds is 4. The zero-order valence-electron chi connectivity index (χ0n) is 38.4. The van der Waals surface area contributed by atoms with Gasteiger partial charge in [-0.3, -0.25) is 0 Å². The van der Waals surface area contributed by atoms with Crippen LogP contribution in [0.1, 0.15) is 108 Å². The first-order chi connectivity index (χ1) is 29.5. The van der Waals surface area contributed by atoms with E-state index in [2.05, 4.69) is 219 Å². The minimum absolute atomic E-state index is 0.0449. The standard InChI is InChI=1S/C59H59BN2/c1-37-29-53-55-54(30-37)62(51-34-46-44(31-38(51)2)56(3,4)27-28-57(46,5)6)52-35-47-45(58(7,8)36-59(47,9)10)33-49(52)60(55)48-32-42(40-19-15-12-16-20-40)23-26-50(48)61(53)43-24-21-41(22-25-43)39-17-13-11-14-18-39/h11-26,29-35H,27-28,36H2,1-10H3. The summed E-state index contributed by atoms with van der Waals surface area (Å²) in [7, 11) is 0. The summed E-state index contributed by atoms with van der Waals surface area (Å²) in [4.78, 5) is 5.27. The summed E-state index contributed by atoms with van der Waals surface area (Å²) >= 11 is 0. The summed E-state index contributed by atoms with van der Waals surface area (Å²) in [5.74, 6) is 0. The fraction of sp³-hybridized carbons (Fsp3) is 0.288. The second kappa shape index (κ2) is 13.4. The van der Waals surface area contributed by atoms with Gasteiger partial charge in [0.05, 0.1) is 0 Å². The van der Waals surface area contributed by atoms with Crippen LogP contribution in [0, 0.1) is 13.8 Å². The third kappa shape index (κ3) is 5.83. The lowest BCUT2D eigenvalue weighted by molar-refractivity contribution is 0.332. The van der Waals surface area contributed by atoms with E-state index in [9.17, 15) is 0 Å². The molecule has 7 aromatic carbocycles. The number of hydrogen-bond donors (Lipinski definition) is 0. The first kappa shape index (κ1) is 39.1. The number of nitrogens with zero attached hydrogens (tertiary/aromatic N) is 2. The summed E-state index contributed by atoms with van der Waals surface area (Å²) in [6.07, 6.45) is 3.52. The average molecular weight is 807 g/mol. The number of benzene rings is 7. The van der Waals surface area contributed by atoms with Crippen LogP contribution in [0.3, 0.4) is 0 Å². The minimum atomic E-state index is 0.0449. The predicted octanol–water partition coefficient (Wildman–Crippen LogP) is 14.0. The molecule has 11 rings (SSSR count). The van der Waals surface area contributed by atoms with Crippen molar-refractivity contribution >= 4 is 57.2 Å². The van der Waals surface area contributed by atoms with Crippen molar-refractivity contribution in [2.75, 3.05) is 9.80 Å². The monoisotopic (exact) mass is 806 g/mol. The maximum atomic E-state index is 2.70. The summed E-state index contributed by atoms with van der Waals surface area (Å²) in [5.41, 5.74) is 25.7. The fourth-order valence-corrected chi connectivity index (χ4v) is 12.3. The lowest BCUT2D eigenvalue weighted by Crippen LogP contribution is -2.61. The molecule has 0 amide bonds. The molecule has 2 aliphatic heterocycles. The Morgan fingerprint density at radius 1 is 0.403 bits per heavy atom. The topological polar surface area (TPSA) is 6.48 Å². The molecule has 2 nitrogen and oxygen atoms in total. The second-order valence-corrected chi connectivity index (χ2v) is 21.7. The first-order valence-electron chi connectivity index (χ1n) is 23.0. The highest BCUT2D eigenvalue weighted by atomic mass is 15.2. The van der Waals surface area contributed by atoms with Crippen molar-refractivity contribution in [3.05, 3.63) is 173 Å². The smallest absolute Gasteiger partial charge is 0.252 e. The van der Waals surface area contributed by atoms with E-state index in [1.165, 1.54) is 119 Å². The van der Waals surface area contributed by atoms with Gasteiger partial charge in [0.15, 0.2) is 0 Å². The van der Waals surface area contributed by atoms with Crippen LogP contribution in [0.4, 0.5) is 34.1 Å². The van der Waals surface area contributed by atoms with Crippen LogP contribution >= 0.6 is 0 Å². The molecule has 0 spiro atoms. The van der Waals surface area contributed by atoms with Gasteiger partial charge in [0.2, 0.25) is 0 Å². The van der Waals surface area contributed by atoms with Gasteiger partial charge in [-0.25, -0.2) is 0 Å². The van der Waals surface area contributed by atoms with E-state index in [0.29, 0.717) is 0 Å². The van der Waals surface area contributed by atoms with Gasteiger partial charge in [-0.1, -0.05) is 152 Å². The van der Waals surface area contributed by atoms with Crippen LogP contribution in [-0.4, -0.2) is 6.71 Å². The van der Waals surface area contributed by atoms with Crippen molar-refractivity contribution in [1.82, 2.24) is 0 Å². The van der Waals surface area contributed by atoms with E-state index in [1.807, 2.05) is 0 Å². The normalized spacial score (nSPS) is 18.1. The second-order valence-electron chi connectivity index (χ2n) is 21.7. The molecule has 0 aromatic heterocycles. The molecule has 308 valence electrons. The fourth-order valence-electron chi connectivity index (χ4n) is 12.3. The summed E-state index contributed by atoms with van der Waals surface area (Å²) in [5, 5.41) is 0. The van der Waals surface area contributed by atoms with E-state index < -0.39 is 0 Å². The van der Waals surface area contributed by atoms with Crippen LogP contribution in [-0.2, 0) is 21.7 Å². The summed E-state index contributed by atoms with van der Waals surface area (Å²) in [6, 6.07) is 53.6. The lowest BCUT2D eigenvalue weighted by atomic mass is 9.33. The van der Waals surface area contributed by atoms with Gasteiger partial charge in [0.25, 0.3) is 6.71 Å². The molecule has 2 aliphatic carbocycles. The Labute approximate surface area is 370 Å². The van der Waals surface area contributed by atoms with Gasteiger partial charge in [0.1, 0.15) is 0 Å². The van der Waals surface area contributed by atoms with Crippen molar-refractivity contribution in [3.8, 4) is 22.3 Å². The Morgan fingerprint density at radius 2 is 0.887 bits per heavy atom. The highest BCUT2D eigenvalue weighted by Crippen LogP contribution is 2.54. The molecular weight excluding hydrogens is 747 g/mol. The van der Waals surface area contributed by atoms with Crippen LogP contribution in [0.2, 0.25) is 0 Å². The van der Waals surface area contributed by atoms with Crippen LogP contribution in [0.5, 0.6) is 0 Å². The third-order valence-corrected chi connectivity index (χ3v) is 15.4. The van der Waals surface area contributed by atoms with Crippen molar-refractivity contribution in [1.29, 1.82) is 0 Å². The van der Waals surface area contributed by atoms with E-state index >= 15 is 0 Å². The van der Waals surface area contributed by atoms with E-state index in [0.717, 1.165) is 6.42 Å². The van der Waals surface area contributed by atoms with Crippen molar-refractivity contribution < 1.29 is 0 Å². The molecule has 3 heteroatoms. The molecule has 0 N–H and O–H groups in total. The number of aryl methyl sites for hydroxylation is 2. The van der Waals surface area contributed by atoms with E-state index in [4.69, 9.17) is 0 Å². The molecule has 0 unspecified atom stereocenters. The molecule has 0 saturated carbocycles. The number of hydrogen-bond acceptors (Lipinski definition) is 2. The first-order valence-corrected chi connectivity index (χ1v) is 23.0.